The predicted molar refractivity (Wildman–Crippen MR) is 45.2 cm³/mol. The van der Waals surface area contributed by atoms with Gasteiger partial charge in [0.05, 0.1) is 0 Å². The molecule has 0 aliphatic rings. The third-order valence-corrected chi connectivity index (χ3v) is 1.12. The molecule has 6 heteroatoms. The van der Waals surface area contributed by atoms with Crippen LogP contribution in [-0.2, 0) is 9.53 Å². The number of amides is 1. The van der Waals surface area contributed by atoms with Gasteiger partial charge in [-0.2, -0.15) is 0 Å². The molecule has 0 aliphatic carbocycles. The monoisotopic (exact) mass is 188 g/mol. The van der Waals surface area contributed by atoms with E-state index in [1.807, 2.05) is 0 Å². The zero-order chi connectivity index (χ0) is 10.3. The number of aliphatic carboxylic acids is 1. The van der Waals surface area contributed by atoms with E-state index in [2.05, 4.69) is 16.6 Å². The highest BCUT2D eigenvalue weighted by atomic mass is 16.5. The van der Waals surface area contributed by atoms with E-state index in [1.54, 1.807) is 0 Å². The minimum Gasteiger partial charge on any atom is -0.480 e. The van der Waals surface area contributed by atoms with Gasteiger partial charge in [-0.15, -0.1) is 0 Å². The summed E-state index contributed by atoms with van der Waals surface area (Å²) in [6.07, 6.45) is 0.688. The van der Waals surface area contributed by atoms with Crippen molar-refractivity contribution in [3.63, 3.8) is 0 Å². The minimum absolute atomic E-state index is 0.0775. The van der Waals surface area contributed by atoms with Gasteiger partial charge >= 0.3 is 12.1 Å². The Morgan fingerprint density at radius 2 is 2.31 bits per heavy atom. The Bertz CT molecular complexity index is 205. The Hall–Kier alpha value is -1.56. The molecule has 0 rings (SSSR count). The lowest BCUT2D eigenvalue weighted by Gasteiger charge is -2.07. The number of carboxylic acid groups (broad SMARTS) is 1. The Labute approximate surface area is 75.4 Å². The Morgan fingerprint density at radius 3 is 2.77 bits per heavy atom. The van der Waals surface area contributed by atoms with Gasteiger partial charge in [-0.3, -0.25) is 4.79 Å². The maximum atomic E-state index is 10.7. The maximum absolute atomic E-state index is 10.7. The van der Waals surface area contributed by atoms with Crippen LogP contribution in [0, 0.1) is 0 Å². The largest absolute Gasteiger partial charge is 0.480 e. The quantitative estimate of drug-likeness (QED) is 0.496. The lowest BCUT2D eigenvalue weighted by atomic mass is 10.3. The molecule has 0 saturated heterocycles. The van der Waals surface area contributed by atoms with Crippen molar-refractivity contribution in [2.75, 3.05) is 13.2 Å². The topological polar surface area (TPSA) is 102 Å². The van der Waals surface area contributed by atoms with Crippen LogP contribution in [0.15, 0.2) is 12.7 Å². The predicted octanol–water partition coefficient (Wildman–Crippen LogP) is -0.689. The summed E-state index contributed by atoms with van der Waals surface area (Å²) >= 11 is 0. The van der Waals surface area contributed by atoms with Crippen LogP contribution in [0.3, 0.4) is 0 Å². The van der Waals surface area contributed by atoms with E-state index in [0.717, 1.165) is 0 Å². The second-order valence-corrected chi connectivity index (χ2v) is 2.21. The molecule has 6 nitrogen and oxygen atoms in total. The van der Waals surface area contributed by atoms with Crippen LogP contribution in [0.4, 0.5) is 4.79 Å². The average Bonchev–Trinajstić information content (AvgIpc) is 2.10. The van der Waals surface area contributed by atoms with E-state index < -0.39 is 18.1 Å². The van der Waals surface area contributed by atoms with Crippen molar-refractivity contribution in [1.29, 1.82) is 0 Å². The number of ether oxygens (including phenoxy) is 1. The molecule has 0 aromatic rings. The molecule has 0 fully saturated rings. The van der Waals surface area contributed by atoms with Crippen LogP contribution in [-0.4, -0.2) is 36.4 Å². The molecule has 1 unspecified atom stereocenters. The van der Waals surface area contributed by atoms with E-state index in [1.165, 1.54) is 6.08 Å². The van der Waals surface area contributed by atoms with Gasteiger partial charge < -0.3 is 20.9 Å². The van der Waals surface area contributed by atoms with Crippen LogP contribution < -0.4 is 11.1 Å². The number of rotatable bonds is 5. The number of hydrogen-bond acceptors (Lipinski definition) is 4. The van der Waals surface area contributed by atoms with Gasteiger partial charge in [0.2, 0.25) is 0 Å². The van der Waals surface area contributed by atoms with Crippen LogP contribution >= 0.6 is 0 Å². The molecule has 1 amide bonds. The molecule has 0 aliphatic heterocycles. The first-order valence-corrected chi connectivity index (χ1v) is 3.57. The third-order valence-electron chi connectivity index (χ3n) is 1.12. The third kappa shape index (κ3) is 5.68. The van der Waals surface area contributed by atoms with Gasteiger partial charge in [0.15, 0.2) is 0 Å². The van der Waals surface area contributed by atoms with Gasteiger partial charge in [-0.25, -0.2) is 4.79 Å². The first-order valence-electron chi connectivity index (χ1n) is 3.57. The van der Waals surface area contributed by atoms with Crippen molar-refractivity contribution in [3.05, 3.63) is 12.7 Å². The molecule has 4 N–H and O–H groups in total. The van der Waals surface area contributed by atoms with Crippen molar-refractivity contribution in [2.45, 2.75) is 6.04 Å². The summed E-state index contributed by atoms with van der Waals surface area (Å²) in [5.41, 5.74) is 5.10. The van der Waals surface area contributed by atoms with Crippen molar-refractivity contribution in [3.8, 4) is 0 Å². The summed E-state index contributed by atoms with van der Waals surface area (Å²) in [6.45, 7) is 3.25. The summed E-state index contributed by atoms with van der Waals surface area (Å²) in [7, 11) is 0. The fourth-order valence-corrected chi connectivity index (χ4v) is 0.466. The highest BCUT2D eigenvalue weighted by molar-refractivity contribution is 5.75. The number of carbonyl (C=O) groups excluding carboxylic acids is 1. The zero-order valence-corrected chi connectivity index (χ0v) is 7.03. The normalized spacial score (nSPS) is 11.5. The molecule has 0 bridgehead atoms. The summed E-state index contributed by atoms with van der Waals surface area (Å²) < 4.78 is 4.50. The van der Waals surface area contributed by atoms with Crippen LogP contribution in [0.2, 0.25) is 0 Å². The summed E-state index contributed by atoms with van der Waals surface area (Å²) in [4.78, 5) is 20.9. The molecule has 0 heterocycles. The number of carbonyl (C=O) groups is 2. The van der Waals surface area contributed by atoms with E-state index >= 15 is 0 Å². The lowest BCUT2D eigenvalue weighted by Crippen LogP contribution is -2.42. The zero-order valence-electron chi connectivity index (χ0n) is 7.03. The van der Waals surface area contributed by atoms with Crippen molar-refractivity contribution in [1.82, 2.24) is 5.32 Å². The van der Waals surface area contributed by atoms with Gasteiger partial charge in [-0.05, 0) is 0 Å². The first-order chi connectivity index (χ1) is 6.07. The summed E-state index contributed by atoms with van der Waals surface area (Å²) in [5, 5.41) is 10.5. The van der Waals surface area contributed by atoms with E-state index in [0.29, 0.717) is 0 Å². The highest BCUT2D eigenvalue weighted by Gasteiger charge is 2.12. The smallest absolute Gasteiger partial charge is 0.407 e. The molecule has 0 radical (unpaired) electrons. The lowest BCUT2D eigenvalue weighted by molar-refractivity contribution is -0.138. The molecule has 0 aromatic heterocycles. The minimum atomic E-state index is -1.18. The molecular weight excluding hydrogens is 176 g/mol. The molecular formula is C7H12N2O4. The Morgan fingerprint density at radius 1 is 1.69 bits per heavy atom. The maximum Gasteiger partial charge on any atom is 0.407 e. The fourth-order valence-electron chi connectivity index (χ4n) is 0.466. The van der Waals surface area contributed by atoms with Crippen LogP contribution in [0.1, 0.15) is 0 Å². The van der Waals surface area contributed by atoms with Gasteiger partial charge in [0, 0.05) is 6.54 Å². The van der Waals surface area contributed by atoms with E-state index in [4.69, 9.17) is 10.8 Å². The number of nitrogens with two attached hydrogens (primary N) is 1. The molecule has 13 heavy (non-hydrogen) atoms. The van der Waals surface area contributed by atoms with Crippen LogP contribution in [0.25, 0.3) is 0 Å². The standard InChI is InChI=1S/C7H12N2O4/c1-2-3-13-7(12)9-4-5(8)6(10)11/h2,5H,1,3-4,8H2,(H,9,12)(H,10,11). The van der Waals surface area contributed by atoms with E-state index in [9.17, 15) is 9.59 Å². The van der Waals surface area contributed by atoms with Crippen molar-refractivity contribution >= 4 is 12.1 Å². The molecule has 74 valence electrons. The number of alkyl carbamates (subject to hydrolysis) is 1. The second-order valence-electron chi connectivity index (χ2n) is 2.21. The van der Waals surface area contributed by atoms with Gasteiger partial charge in [0.25, 0.3) is 0 Å². The number of nitrogens with one attached hydrogen (secondary N) is 1. The summed E-state index contributed by atoms with van der Waals surface area (Å²) in [5.74, 6) is -1.18. The highest BCUT2D eigenvalue weighted by Crippen LogP contribution is 1.80. The molecule has 0 saturated carbocycles. The average molecular weight is 188 g/mol. The second kappa shape index (κ2) is 6.01. The van der Waals surface area contributed by atoms with Crippen LogP contribution in [0.5, 0.6) is 0 Å². The molecule has 0 aromatic carbocycles. The number of hydrogen-bond donors (Lipinski definition) is 3. The van der Waals surface area contributed by atoms with Gasteiger partial charge in [0.1, 0.15) is 12.6 Å². The molecule has 1 atom stereocenters. The Kier molecular flexibility index (Phi) is 5.29. The Balaban J connectivity index is 3.57. The number of carboxylic acids is 1. The van der Waals surface area contributed by atoms with Crippen molar-refractivity contribution in [2.24, 2.45) is 5.73 Å². The molecule has 0 spiro atoms. The summed E-state index contributed by atoms with van der Waals surface area (Å²) in [6, 6.07) is -1.11. The fraction of sp³-hybridized carbons (Fsp3) is 0.429. The first kappa shape index (κ1) is 11.4. The SMILES string of the molecule is C=CCOC(=O)NCC(N)C(=O)O. The van der Waals surface area contributed by atoms with E-state index in [-0.39, 0.29) is 13.2 Å². The van der Waals surface area contributed by atoms with Gasteiger partial charge in [-0.1, -0.05) is 12.7 Å². The van der Waals surface area contributed by atoms with Crippen molar-refractivity contribution < 1.29 is 19.4 Å².